The summed E-state index contributed by atoms with van der Waals surface area (Å²) >= 11 is 7.98. The Balaban J connectivity index is 1.90. The smallest absolute Gasteiger partial charge is 0.0409 e. The lowest BCUT2D eigenvalue weighted by Gasteiger charge is -2.19. The molecule has 1 fully saturated rings. The van der Waals surface area contributed by atoms with Crippen LogP contribution < -0.4 is 5.32 Å². The molecule has 1 aromatic rings. The van der Waals surface area contributed by atoms with Gasteiger partial charge in [-0.1, -0.05) is 23.7 Å². The summed E-state index contributed by atoms with van der Waals surface area (Å²) in [6, 6.07) is 8.47. The summed E-state index contributed by atoms with van der Waals surface area (Å²) in [5.41, 5.74) is 1.27. The van der Waals surface area contributed by atoms with Crippen LogP contribution in [0.4, 0.5) is 0 Å². The summed E-state index contributed by atoms with van der Waals surface area (Å²) in [6.07, 6.45) is 4.91. The van der Waals surface area contributed by atoms with E-state index in [4.69, 9.17) is 11.6 Å². The van der Waals surface area contributed by atoms with Crippen LogP contribution in [0.1, 0.15) is 31.4 Å². The van der Waals surface area contributed by atoms with Crippen molar-refractivity contribution < 1.29 is 0 Å². The first-order chi connectivity index (χ1) is 7.65. The van der Waals surface area contributed by atoms with Crippen LogP contribution in [0.25, 0.3) is 0 Å². The molecule has 0 aliphatic heterocycles. The number of nitrogens with one attached hydrogen (secondary N) is 1. The van der Waals surface area contributed by atoms with Gasteiger partial charge >= 0.3 is 0 Å². The van der Waals surface area contributed by atoms with Gasteiger partial charge in [-0.25, -0.2) is 0 Å². The Morgan fingerprint density at radius 1 is 1.50 bits per heavy atom. The lowest BCUT2D eigenvalue weighted by atomic mass is 10.1. The fourth-order valence-corrected chi connectivity index (χ4v) is 2.76. The fraction of sp³-hybridized carbons (Fsp3) is 0.538. The minimum atomic E-state index is 0.378. The second kappa shape index (κ2) is 4.99. The van der Waals surface area contributed by atoms with E-state index in [0.717, 1.165) is 11.6 Å². The zero-order chi connectivity index (χ0) is 11.6. The Kier molecular flexibility index (Phi) is 3.83. The van der Waals surface area contributed by atoms with Crippen LogP contribution in [0.2, 0.25) is 5.02 Å². The zero-order valence-corrected chi connectivity index (χ0v) is 11.4. The third-order valence-corrected chi connectivity index (χ3v) is 4.97. The predicted molar refractivity (Wildman–Crippen MR) is 73.3 cm³/mol. The van der Waals surface area contributed by atoms with Crippen molar-refractivity contribution in [2.24, 2.45) is 0 Å². The average Bonchev–Trinajstić information content (AvgIpc) is 3.07. The predicted octanol–water partition coefficient (Wildman–Crippen LogP) is 3.89. The summed E-state index contributed by atoms with van der Waals surface area (Å²) in [6.45, 7) is 3.30. The van der Waals surface area contributed by atoms with Crippen molar-refractivity contribution in [1.82, 2.24) is 5.32 Å². The first-order valence-corrected chi connectivity index (χ1v) is 7.29. The van der Waals surface area contributed by atoms with Gasteiger partial charge in [0.25, 0.3) is 0 Å². The Morgan fingerprint density at radius 2 is 2.25 bits per heavy atom. The van der Waals surface area contributed by atoms with Gasteiger partial charge in [0.05, 0.1) is 0 Å². The molecule has 2 rings (SSSR count). The Hall–Kier alpha value is -0.180. The van der Waals surface area contributed by atoms with Crippen LogP contribution in [0, 0.1) is 0 Å². The van der Waals surface area contributed by atoms with E-state index in [9.17, 15) is 0 Å². The molecule has 0 heterocycles. The largest absolute Gasteiger partial charge is 0.309 e. The standard InChI is InChI=1S/C13H18ClNS/c1-10(11-4-3-5-12(14)8-11)15-9-13(16-2)6-7-13/h3-5,8,10,15H,6-7,9H2,1-2H3. The van der Waals surface area contributed by atoms with Crippen molar-refractivity contribution in [2.75, 3.05) is 12.8 Å². The second-order valence-electron chi connectivity index (χ2n) is 4.54. The number of hydrogen-bond donors (Lipinski definition) is 1. The third kappa shape index (κ3) is 2.93. The molecule has 88 valence electrons. The minimum absolute atomic E-state index is 0.378. The molecule has 0 radical (unpaired) electrons. The van der Waals surface area contributed by atoms with Gasteiger partial charge in [0.15, 0.2) is 0 Å². The maximum absolute atomic E-state index is 5.99. The van der Waals surface area contributed by atoms with Crippen molar-refractivity contribution in [1.29, 1.82) is 0 Å². The van der Waals surface area contributed by atoms with Crippen LogP contribution in [-0.2, 0) is 0 Å². The molecule has 1 nitrogen and oxygen atoms in total. The fourth-order valence-electron chi connectivity index (χ4n) is 1.83. The second-order valence-corrected chi connectivity index (χ2v) is 6.26. The van der Waals surface area contributed by atoms with E-state index >= 15 is 0 Å². The normalized spacial score (nSPS) is 19.4. The van der Waals surface area contributed by atoms with Crippen LogP contribution in [-0.4, -0.2) is 17.5 Å². The third-order valence-electron chi connectivity index (χ3n) is 3.32. The molecule has 1 aromatic carbocycles. The first-order valence-electron chi connectivity index (χ1n) is 5.69. The summed E-state index contributed by atoms with van der Waals surface area (Å²) in [5.74, 6) is 0. The Morgan fingerprint density at radius 3 is 2.81 bits per heavy atom. The van der Waals surface area contributed by atoms with Gasteiger partial charge in [-0.15, -0.1) is 0 Å². The molecule has 0 aromatic heterocycles. The first kappa shape index (κ1) is 12.3. The molecule has 0 saturated heterocycles. The van der Waals surface area contributed by atoms with E-state index in [-0.39, 0.29) is 0 Å². The van der Waals surface area contributed by atoms with Gasteiger partial charge in [-0.05, 0) is 43.7 Å². The monoisotopic (exact) mass is 255 g/mol. The highest BCUT2D eigenvalue weighted by atomic mass is 35.5. The van der Waals surface area contributed by atoms with Gasteiger partial charge < -0.3 is 5.32 Å². The van der Waals surface area contributed by atoms with Gasteiger partial charge in [0.2, 0.25) is 0 Å². The van der Waals surface area contributed by atoms with Gasteiger partial charge in [-0.2, -0.15) is 11.8 Å². The van der Waals surface area contributed by atoms with E-state index in [2.05, 4.69) is 24.6 Å². The van der Waals surface area contributed by atoms with Crippen LogP contribution >= 0.6 is 23.4 Å². The maximum Gasteiger partial charge on any atom is 0.0409 e. The number of halogens is 1. The zero-order valence-electron chi connectivity index (χ0n) is 9.79. The lowest BCUT2D eigenvalue weighted by molar-refractivity contribution is 0.563. The summed E-state index contributed by atoms with van der Waals surface area (Å²) in [5, 5.41) is 4.42. The van der Waals surface area contributed by atoms with Gasteiger partial charge in [0.1, 0.15) is 0 Å². The molecule has 0 amide bonds. The molecule has 0 spiro atoms. The van der Waals surface area contributed by atoms with Gasteiger partial charge in [-0.3, -0.25) is 0 Å². The van der Waals surface area contributed by atoms with Crippen molar-refractivity contribution >= 4 is 23.4 Å². The van der Waals surface area contributed by atoms with Crippen molar-refractivity contribution in [3.05, 3.63) is 34.9 Å². The Bertz CT molecular complexity index is 363. The van der Waals surface area contributed by atoms with E-state index < -0.39 is 0 Å². The van der Waals surface area contributed by atoms with Crippen molar-refractivity contribution in [2.45, 2.75) is 30.6 Å². The van der Waals surface area contributed by atoms with Crippen molar-refractivity contribution in [3.8, 4) is 0 Å². The number of benzene rings is 1. The van der Waals surface area contributed by atoms with Crippen LogP contribution in [0.15, 0.2) is 24.3 Å². The molecule has 1 N–H and O–H groups in total. The van der Waals surface area contributed by atoms with E-state index in [1.807, 2.05) is 30.0 Å². The molecule has 1 atom stereocenters. The molecule has 3 heteroatoms. The number of rotatable bonds is 5. The summed E-state index contributed by atoms with van der Waals surface area (Å²) in [7, 11) is 0. The minimum Gasteiger partial charge on any atom is -0.309 e. The summed E-state index contributed by atoms with van der Waals surface area (Å²) in [4.78, 5) is 0. The molecule has 1 unspecified atom stereocenters. The van der Waals surface area contributed by atoms with E-state index in [1.54, 1.807) is 0 Å². The quantitative estimate of drug-likeness (QED) is 0.857. The molecule has 1 aliphatic carbocycles. The maximum atomic E-state index is 5.99. The molecular formula is C13H18ClNS. The van der Waals surface area contributed by atoms with Crippen LogP contribution in [0.3, 0.4) is 0 Å². The van der Waals surface area contributed by atoms with Crippen LogP contribution in [0.5, 0.6) is 0 Å². The molecule has 1 aliphatic rings. The lowest BCUT2D eigenvalue weighted by Crippen LogP contribution is -2.28. The van der Waals surface area contributed by atoms with E-state index in [0.29, 0.717) is 10.8 Å². The average molecular weight is 256 g/mol. The highest BCUT2D eigenvalue weighted by Gasteiger charge is 2.41. The topological polar surface area (TPSA) is 12.0 Å². The highest BCUT2D eigenvalue weighted by Crippen LogP contribution is 2.46. The molecule has 0 bridgehead atoms. The number of thioether (sulfide) groups is 1. The van der Waals surface area contributed by atoms with Gasteiger partial charge in [0, 0.05) is 22.4 Å². The molecule has 1 saturated carbocycles. The van der Waals surface area contributed by atoms with Crippen molar-refractivity contribution in [3.63, 3.8) is 0 Å². The SMILES string of the molecule is CSC1(CNC(C)c2cccc(Cl)c2)CC1. The Labute approximate surface area is 107 Å². The molecular weight excluding hydrogens is 238 g/mol. The van der Waals surface area contributed by atoms with E-state index in [1.165, 1.54) is 18.4 Å². The number of hydrogen-bond acceptors (Lipinski definition) is 2. The summed E-state index contributed by atoms with van der Waals surface area (Å²) < 4.78 is 0.521. The molecule has 16 heavy (non-hydrogen) atoms. The highest BCUT2D eigenvalue weighted by molar-refractivity contribution is 8.00.